The molecule has 0 aromatic heterocycles. The Kier molecular flexibility index (Phi) is 7.28. The summed E-state index contributed by atoms with van der Waals surface area (Å²) >= 11 is 0. The van der Waals surface area contributed by atoms with Crippen LogP contribution in [-0.2, 0) is 0 Å². The van der Waals surface area contributed by atoms with Crippen LogP contribution in [-0.4, -0.2) is 18.7 Å². The summed E-state index contributed by atoms with van der Waals surface area (Å²) < 4.78 is 13.4. The third-order valence-electron chi connectivity index (χ3n) is 4.02. The summed E-state index contributed by atoms with van der Waals surface area (Å²) in [5, 5.41) is 13.5. The second kappa shape index (κ2) is 9.87. The maximum atomic E-state index is 13.4. The van der Waals surface area contributed by atoms with Crippen LogP contribution in [0.4, 0.5) is 21.5 Å². The smallest absolute Gasteiger partial charge is 0.255 e. The van der Waals surface area contributed by atoms with Crippen molar-refractivity contribution in [2.45, 2.75) is 6.92 Å². The Bertz CT molecular complexity index is 947. The summed E-state index contributed by atoms with van der Waals surface area (Å²) in [6, 6.07) is 11.9. The fourth-order valence-corrected chi connectivity index (χ4v) is 2.43. The molecule has 0 aliphatic carbocycles. The number of rotatable bonds is 8. The highest BCUT2D eigenvalue weighted by Crippen LogP contribution is 2.20. The van der Waals surface area contributed by atoms with Crippen LogP contribution < -0.4 is 16.4 Å². The van der Waals surface area contributed by atoms with Crippen molar-refractivity contribution in [2.75, 3.05) is 22.9 Å². The first-order chi connectivity index (χ1) is 13.5. The third-order valence-corrected chi connectivity index (χ3v) is 4.02. The summed E-state index contributed by atoms with van der Waals surface area (Å²) in [5.41, 5.74) is 9.08. The number of para-hydroxylation sites is 2. The second-order valence-electron chi connectivity index (χ2n) is 5.94. The van der Waals surface area contributed by atoms with E-state index >= 15 is 0 Å². The zero-order valence-electron chi connectivity index (χ0n) is 15.6. The first kappa shape index (κ1) is 20.6. The van der Waals surface area contributed by atoms with Crippen LogP contribution in [0.25, 0.3) is 0 Å². The van der Waals surface area contributed by atoms with Gasteiger partial charge in [-0.3, -0.25) is 4.79 Å². The zero-order chi connectivity index (χ0) is 20.5. The van der Waals surface area contributed by atoms with Crippen molar-refractivity contribution in [3.05, 3.63) is 89.8 Å². The van der Waals surface area contributed by atoms with Crippen molar-refractivity contribution < 1.29 is 9.18 Å². The van der Waals surface area contributed by atoms with Gasteiger partial charge in [-0.15, -0.1) is 0 Å². The van der Waals surface area contributed by atoms with E-state index < -0.39 is 0 Å². The Morgan fingerprint density at radius 3 is 2.64 bits per heavy atom. The number of nitrogens with two attached hydrogens (primary N) is 1. The van der Waals surface area contributed by atoms with E-state index in [0.29, 0.717) is 40.3 Å². The van der Waals surface area contributed by atoms with Gasteiger partial charge in [-0.2, -0.15) is 0 Å². The number of nitrogens with one attached hydrogen (secondary N) is 3. The first-order valence-corrected chi connectivity index (χ1v) is 8.67. The number of halogens is 1. The van der Waals surface area contributed by atoms with Gasteiger partial charge < -0.3 is 21.8 Å². The quantitative estimate of drug-likeness (QED) is 0.299. The minimum atomic E-state index is -0.351. The largest absolute Gasteiger partial charge is 0.397 e. The lowest BCUT2D eigenvalue weighted by molar-refractivity contribution is 0.102. The number of nitrogen functional groups attached to an aromatic ring is 1. The maximum Gasteiger partial charge on any atom is 0.255 e. The van der Waals surface area contributed by atoms with Crippen molar-refractivity contribution >= 4 is 29.2 Å². The van der Waals surface area contributed by atoms with E-state index in [-0.39, 0.29) is 11.7 Å². The van der Waals surface area contributed by atoms with Crippen molar-refractivity contribution in [3.8, 4) is 0 Å². The number of amides is 1. The molecule has 2 rings (SSSR count). The predicted octanol–water partition coefficient (Wildman–Crippen LogP) is 4.92. The highest BCUT2D eigenvalue weighted by Gasteiger charge is 2.10. The summed E-state index contributed by atoms with van der Waals surface area (Å²) in [5.74, 6) is -0.675. The minimum Gasteiger partial charge on any atom is -0.397 e. The number of hydrogen-bond donors (Lipinski definition) is 4. The van der Waals surface area contributed by atoms with E-state index in [4.69, 9.17) is 11.1 Å². The molecule has 6 heteroatoms. The normalized spacial score (nSPS) is 11.6. The van der Waals surface area contributed by atoms with Gasteiger partial charge in [-0.1, -0.05) is 30.9 Å². The Morgan fingerprint density at radius 1 is 1.25 bits per heavy atom. The molecule has 0 spiro atoms. The monoisotopic (exact) mass is 378 g/mol. The van der Waals surface area contributed by atoms with Gasteiger partial charge in [0.25, 0.3) is 5.91 Å². The average molecular weight is 378 g/mol. The van der Waals surface area contributed by atoms with E-state index in [1.165, 1.54) is 12.2 Å². The SMILES string of the molecule is C=C/C(=C\C(F)=C/C)CNc1ccc(C(=O)Nc2ccccc2N)cc1C=N. The molecular weight excluding hydrogens is 355 g/mol. The number of hydrogen-bond acceptors (Lipinski definition) is 4. The van der Waals surface area contributed by atoms with Crippen molar-refractivity contribution in [3.63, 3.8) is 0 Å². The van der Waals surface area contributed by atoms with Crippen molar-refractivity contribution in [1.82, 2.24) is 0 Å². The van der Waals surface area contributed by atoms with Crippen LogP contribution in [0.1, 0.15) is 22.8 Å². The van der Waals surface area contributed by atoms with Crippen LogP contribution in [0.5, 0.6) is 0 Å². The van der Waals surface area contributed by atoms with E-state index in [1.807, 2.05) is 0 Å². The molecule has 0 heterocycles. The highest BCUT2D eigenvalue weighted by atomic mass is 19.1. The molecule has 0 atom stereocenters. The van der Waals surface area contributed by atoms with Gasteiger partial charge in [-0.05, 0) is 48.9 Å². The van der Waals surface area contributed by atoms with Gasteiger partial charge in [0.2, 0.25) is 0 Å². The van der Waals surface area contributed by atoms with Gasteiger partial charge in [-0.25, -0.2) is 4.39 Å². The number of carbonyl (C=O) groups excluding carboxylic acids is 1. The topological polar surface area (TPSA) is 91.0 Å². The van der Waals surface area contributed by atoms with Gasteiger partial charge in [0.1, 0.15) is 5.83 Å². The molecule has 28 heavy (non-hydrogen) atoms. The minimum absolute atomic E-state index is 0.325. The molecule has 1 amide bonds. The van der Waals surface area contributed by atoms with Gasteiger partial charge in [0.05, 0.1) is 11.4 Å². The molecule has 0 bridgehead atoms. The van der Waals surface area contributed by atoms with E-state index in [0.717, 1.165) is 6.21 Å². The molecule has 0 aliphatic heterocycles. The zero-order valence-corrected chi connectivity index (χ0v) is 15.6. The molecule has 5 N–H and O–H groups in total. The molecule has 0 radical (unpaired) electrons. The fraction of sp³-hybridized carbons (Fsp3) is 0.0909. The lowest BCUT2D eigenvalue weighted by atomic mass is 10.1. The molecule has 2 aromatic carbocycles. The molecule has 0 saturated carbocycles. The molecule has 0 aliphatic rings. The summed E-state index contributed by atoms with van der Waals surface area (Å²) in [4.78, 5) is 12.5. The molecule has 144 valence electrons. The van der Waals surface area contributed by atoms with Gasteiger partial charge in [0.15, 0.2) is 0 Å². The molecule has 0 unspecified atom stereocenters. The Hall–Kier alpha value is -3.67. The van der Waals surface area contributed by atoms with Crippen molar-refractivity contribution in [1.29, 1.82) is 5.41 Å². The van der Waals surface area contributed by atoms with Gasteiger partial charge in [0, 0.05) is 29.6 Å². The van der Waals surface area contributed by atoms with Crippen LogP contribution in [0, 0.1) is 5.41 Å². The Morgan fingerprint density at radius 2 is 2.00 bits per heavy atom. The lowest BCUT2D eigenvalue weighted by Gasteiger charge is -2.12. The summed E-state index contributed by atoms with van der Waals surface area (Å²) in [6.07, 6.45) is 5.46. The van der Waals surface area contributed by atoms with Crippen LogP contribution in [0.2, 0.25) is 0 Å². The second-order valence-corrected chi connectivity index (χ2v) is 5.94. The molecular formula is C22H23FN4O. The van der Waals surface area contributed by atoms with E-state index in [2.05, 4.69) is 17.2 Å². The fourth-order valence-electron chi connectivity index (χ4n) is 2.43. The standard InChI is InChI=1S/C22H23FN4O/c1-3-15(11-18(23)4-2)14-26-20-10-9-16(12-17(20)13-24)22(28)27-21-8-6-5-7-19(21)25/h3-13,24,26H,1,14,25H2,2H3,(H,27,28)/b15-11+,18-4+,24-13?. The Labute approximate surface area is 164 Å². The van der Waals surface area contributed by atoms with Gasteiger partial charge >= 0.3 is 0 Å². The molecule has 0 fully saturated rings. The molecule has 2 aromatic rings. The van der Waals surface area contributed by atoms with E-state index in [1.54, 1.807) is 55.5 Å². The molecule has 0 saturated heterocycles. The Balaban J connectivity index is 2.16. The maximum absolute atomic E-state index is 13.4. The molecule has 5 nitrogen and oxygen atoms in total. The number of allylic oxidation sites excluding steroid dienone is 3. The number of anilines is 3. The van der Waals surface area contributed by atoms with Crippen molar-refractivity contribution in [2.24, 2.45) is 0 Å². The summed E-state index contributed by atoms with van der Waals surface area (Å²) in [6.45, 7) is 5.62. The summed E-state index contributed by atoms with van der Waals surface area (Å²) in [7, 11) is 0. The third kappa shape index (κ3) is 5.41. The van der Waals surface area contributed by atoms with Crippen LogP contribution in [0.15, 0.2) is 78.7 Å². The first-order valence-electron chi connectivity index (χ1n) is 8.67. The van der Waals surface area contributed by atoms with Crippen LogP contribution >= 0.6 is 0 Å². The van der Waals surface area contributed by atoms with Crippen LogP contribution in [0.3, 0.4) is 0 Å². The number of carbonyl (C=O) groups is 1. The average Bonchev–Trinajstić information content (AvgIpc) is 2.72. The number of benzene rings is 2. The lowest BCUT2D eigenvalue weighted by Crippen LogP contribution is -2.14. The van der Waals surface area contributed by atoms with E-state index in [9.17, 15) is 9.18 Å². The highest BCUT2D eigenvalue weighted by molar-refractivity contribution is 6.07. The predicted molar refractivity (Wildman–Crippen MR) is 115 cm³/mol.